The Bertz CT molecular complexity index is 262. The molecule has 0 saturated carbocycles. The molecule has 0 aromatic carbocycles. The predicted octanol–water partition coefficient (Wildman–Crippen LogP) is 0.287. The maximum Gasteiger partial charge on any atom is 0.240 e. The summed E-state index contributed by atoms with van der Waals surface area (Å²) in [6.07, 6.45) is 3.89. The lowest BCUT2D eigenvalue weighted by molar-refractivity contribution is -0.605. The molecule has 0 spiro atoms. The van der Waals surface area contributed by atoms with Crippen molar-refractivity contribution in [2.24, 2.45) is 4.99 Å². The van der Waals surface area contributed by atoms with Crippen LogP contribution in [-0.4, -0.2) is 6.08 Å². The number of isocyanates is 1. The zero-order chi connectivity index (χ0) is 7.40. The number of carbonyl (C=O) groups excluding carboxylic acids is 1. The SMILES string of the molecule is O=C=Nc1cc[n+]([O-])cc1. The number of pyridine rings is 1. The molecule has 1 heterocycles. The van der Waals surface area contributed by atoms with E-state index in [1.54, 1.807) is 0 Å². The van der Waals surface area contributed by atoms with Crippen molar-refractivity contribution in [3.05, 3.63) is 29.7 Å². The van der Waals surface area contributed by atoms with Gasteiger partial charge in [-0.1, -0.05) is 0 Å². The van der Waals surface area contributed by atoms with Crippen LogP contribution in [0, 0.1) is 5.21 Å². The van der Waals surface area contributed by atoms with Crippen LogP contribution in [0.2, 0.25) is 0 Å². The van der Waals surface area contributed by atoms with E-state index in [2.05, 4.69) is 4.99 Å². The van der Waals surface area contributed by atoms with Gasteiger partial charge in [0.2, 0.25) is 6.08 Å². The summed E-state index contributed by atoms with van der Waals surface area (Å²) in [5.74, 6) is 0. The quantitative estimate of drug-likeness (QED) is 0.241. The Morgan fingerprint density at radius 3 is 2.60 bits per heavy atom. The molecule has 4 heteroatoms. The first-order valence-corrected chi connectivity index (χ1v) is 2.59. The van der Waals surface area contributed by atoms with Crippen LogP contribution >= 0.6 is 0 Å². The summed E-state index contributed by atoms with van der Waals surface area (Å²) >= 11 is 0. The molecule has 0 N–H and O–H groups in total. The Morgan fingerprint density at radius 2 is 2.10 bits per heavy atom. The van der Waals surface area contributed by atoms with Crippen molar-refractivity contribution < 1.29 is 9.52 Å². The van der Waals surface area contributed by atoms with E-state index in [0.717, 1.165) is 0 Å². The molecule has 1 aromatic heterocycles. The lowest BCUT2D eigenvalue weighted by Gasteiger charge is -1.91. The Hall–Kier alpha value is -1.67. The van der Waals surface area contributed by atoms with Gasteiger partial charge in [0.15, 0.2) is 12.4 Å². The zero-order valence-electron chi connectivity index (χ0n) is 5.02. The number of aliphatic imine (C=N–C) groups is 1. The lowest BCUT2D eigenvalue weighted by atomic mass is 10.4. The first kappa shape index (κ1) is 6.45. The van der Waals surface area contributed by atoms with E-state index in [9.17, 15) is 10.0 Å². The number of nitrogens with zero attached hydrogens (tertiary/aromatic N) is 2. The van der Waals surface area contributed by atoms with Crippen LogP contribution in [0.15, 0.2) is 29.5 Å². The molecule has 0 atom stereocenters. The largest absolute Gasteiger partial charge is 0.619 e. The van der Waals surface area contributed by atoms with Crippen molar-refractivity contribution in [1.82, 2.24) is 0 Å². The predicted molar refractivity (Wildman–Crippen MR) is 33.2 cm³/mol. The van der Waals surface area contributed by atoms with Crippen molar-refractivity contribution >= 4 is 11.8 Å². The van der Waals surface area contributed by atoms with E-state index in [4.69, 9.17) is 0 Å². The van der Waals surface area contributed by atoms with E-state index in [-0.39, 0.29) is 0 Å². The topological polar surface area (TPSA) is 56.4 Å². The molecule has 0 radical (unpaired) electrons. The van der Waals surface area contributed by atoms with Crippen LogP contribution in [0.4, 0.5) is 5.69 Å². The first-order chi connectivity index (χ1) is 4.83. The van der Waals surface area contributed by atoms with Gasteiger partial charge in [0.1, 0.15) is 0 Å². The van der Waals surface area contributed by atoms with E-state index < -0.39 is 0 Å². The monoisotopic (exact) mass is 136 g/mol. The molecule has 0 unspecified atom stereocenters. The fraction of sp³-hybridized carbons (Fsp3) is 0. The van der Waals surface area contributed by atoms with Gasteiger partial charge in [-0.3, -0.25) is 0 Å². The maximum absolute atomic E-state index is 10.4. The minimum absolute atomic E-state index is 0.433. The number of aromatic nitrogens is 1. The second kappa shape index (κ2) is 2.75. The maximum atomic E-state index is 10.4. The zero-order valence-corrected chi connectivity index (χ0v) is 5.02. The highest BCUT2D eigenvalue weighted by Crippen LogP contribution is 2.04. The van der Waals surface area contributed by atoms with Crippen LogP contribution in [0.5, 0.6) is 0 Å². The normalized spacial score (nSPS) is 8.40. The van der Waals surface area contributed by atoms with Crippen LogP contribution in [0.1, 0.15) is 0 Å². The van der Waals surface area contributed by atoms with Crippen LogP contribution in [0.3, 0.4) is 0 Å². The van der Waals surface area contributed by atoms with Gasteiger partial charge in [0, 0.05) is 12.1 Å². The molecule has 0 aliphatic rings. The molecule has 0 saturated heterocycles. The molecule has 50 valence electrons. The molecule has 0 amide bonds. The summed E-state index contributed by atoms with van der Waals surface area (Å²) in [7, 11) is 0. The van der Waals surface area contributed by atoms with Gasteiger partial charge in [0.05, 0.1) is 5.69 Å². The second-order valence-corrected chi connectivity index (χ2v) is 1.62. The van der Waals surface area contributed by atoms with Gasteiger partial charge in [-0.25, -0.2) is 4.79 Å². The third-order valence-electron chi connectivity index (χ3n) is 0.959. The standard InChI is InChI=1S/C6H4N2O2/c9-5-7-6-1-3-8(10)4-2-6/h1-4H. The number of hydrogen-bond donors (Lipinski definition) is 0. The smallest absolute Gasteiger partial charge is 0.240 e. The highest BCUT2D eigenvalue weighted by atomic mass is 16.5. The van der Waals surface area contributed by atoms with Gasteiger partial charge >= 0.3 is 0 Å². The molecule has 0 bridgehead atoms. The summed E-state index contributed by atoms with van der Waals surface area (Å²) in [5.41, 5.74) is 0.433. The van der Waals surface area contributed by atoms with E-state index in [0.29, 0.717) is 10.4 Å². The molecule has 0 aliphatic carbocycles. The van der Waals surface area contributed by atoms with Crippen molar-refractivity contribution in [3.63, 3.8) is 0 Å². The summed E-state index contributed by atoms with van der Waals surface area (Å²) < 4.78 is 0.615. The minimum atomic E-state index is 0.433. The fourth-order valence-electron chi connectivity index (χ4n) is 0.532. The van der Waals surface area contributed by atoms with Crippen LogP contribution in [0.25, 0.3) is 0 Å². The molecular weight excluding hydrogens is 132 g/mol. The van der Waals surface area contributed by atoms with E-state index >= 15 is 0 Å². The lowest BCUT2D eigenvalue weighted by Crippen LogP contribution is -2.22. The van der Waals surface area contributed by atoms with Crippen molar-refractivity contribution in [2.45, 2.75) is 0 Å². The first-order valence-electron chi connectivity index (χ1n) is 2.59. The third-order valence-corrected chi connectivity index (χ3v) is 0.959. The Morgan fingerprint density at radius 1 is 1.50 bits per heavy atom. The van der Waals surface area contributed by atoms with Gasteiger partial charge in [-0.2, -0.15) is 9.72 Å². The van der Waals surface area contributed by atoms with Crippen LogP contribution < -0.4 is 4.73 Å². The average Bonchev–Trinajstić information content (AvgIpc) is 1.95. The number of hydrogen-bond acceptors (Lipinski definition) is 3. The molecular formula is C6H4N2O2. The van der Waals surface area contributed by atoms with Gasteiger partial charge in [0.25, 0.3) is 0 Å². The van der Waals surface area contributed by atoms with Crippen molar-refractivity contribution in [1.29, 1.82) is 0 Å². The Kier molecular flexibility index (Phi) is 1.78. The Balaban J connectivity index is 3.00. The molecule has 0 aliphatic heterocycles. The number of rotatable bonds is 1. The molecule has 0 fully saturated rings. The summed E-state index contributed by atoms with van der Waals surface area (Å²) in [5, 5.41) is 10.4. The third kappa shape index (κ3) is 1.40. The van der Waals surface area contributed by atoms with Gasteiger partial charge in [-0.15, -0.1) is 0 Å². The fourth-order valence-corrected chi connectivity index (χ4v) is 0.532. The van der Waals surface area contributed by atoms with Gasteiger partial charge < -0.3 is 5.21 Å². The summed E-state index contributed by atoms with van der Waals surface area (Å²) in [6.45, 7) is 0. The Labute approximate surface area is 57.0 Å². The average molecular weight is 136 g/mol. The molecule has 1 aromatic rings. The van der Waals surface area contributed by atoms with Gasteiger partial charge in [-0.05, 0) is 0 Å². The summed E-state index contributed by atoms with van der Waals surface area (Å²) in [6, 6.07) is 2.86. The highest BCUT2D eigenvalue weighted by Gasteiger charge is 1.89. The molecule has 1 rings (SSSR count). The summed E-state index contributed by atoms with van der Waals surface area (Å²) in [4.78, 5) is 13.0. The minimum Gasteiger partial charge on any atom is -0.619 e. The van der Waals surface area contributed by atoms with Crippen molar-refractivity contribution in [2.75, 3.05) is 0 Å². The molecule has 4 nitrogen and oxygen atoms in total. The second-order valence-electron chi connectivity index (χ2n) is 1.62. The van der Waals surface area contributed by atoms with Crippen molar-refractivity contribution in [3.8, 4) is 0 Å². The van der Waals surface area contributed by atoms with Crippen LogP contribution in [-0.2, 0) is 4.79 Å². The highest BCUT2D eigenvalue weighted by molar-refractivity contribution is 5.46. The molecule has 10 heavy (non-hydrogen) atoms. The van der Waals surface area contributed by atoms with E-state index in [1.165, 1.54) is 30.6 Å². The van der Waals surface area contributed by atoms with E-state index in [1.807, 2.05) is 0 Å².